The molecule has 4 heteroatoms. The van der Waals surface area contributed by atoms with Crippen molar-refractivity contribution in [3.05, 3.63) is 46.4 Å². The second kappa shape index (κ2) is 6.68. The summed E-state index contributed by atoms with van der Waals surface area (Å²) in [4.78, 5) is 4.34. The molecule has 2 atom stereocenters. The van der Waals surface area contributed by atoms with Crippen LogP contribution in [0.3, 0.4) is 0 Å². The van der Waals surface area contributed by atoms with E-state index in [0.29, 0.717) is 17.7 Å². The quantitative estimate of drug-likeness (QED) is 0.852. The van der Waals surface area contributed by atoms with Crippen molar-refractivity contribution in [2.24, 2.45) is 0 Å². The van der Waals surface area contributed by atoms with E-state index in [4.69, 9.17) is 0 Å². The Hall–Kier alpha value is -1.39. The summed E-state index contributed by atoms with van der Waals surface area (Å²) in [5.41, 5.74) is 1.24. The zero-order chi connectivity index (χ0) is 13.7. The number of thiazole rings is 1. The number of aromatic hydroxyl groups is 1. The molecule has 1 heterocycles. The summed E-state index contributed by atoms with van der Waals surface area (Å²) >= 11 is 1.71. The molecule has 2 unspecified atom stereocenters. The predicted octanol–water partition coefficient (Wildman–Crippen LogP) is 3.17. The summed E-state index contributed by atoms with van der Waals surface area (Å²) in [6, 6.07) is 7.82. The number of nitrogens with one attached hydrogen (secondary N) is 1. The second-order valence-electron chi connectivity index (χ2n) is 4.95. The molecule has 19 heavy (non-hydrogen) atoms. The summed E-state index contributed by atoms with van der Waals surface area (Å²) in [6.45, 7) is 5.31. The van der Waals surface area contributed by atoms with E-state index in [1.807, 2.05) is 23.7 Å². The van der Waals surface area contributed by atoms with Crippen LogP contribution >= 0.6 is 11.3 Å². The molecular weight excluding hydrogens is 256 g/mol. The molecule has 0 aliphatic rings. The van der Waals surface area contributed by atoms with Gasteiger partial charge in [-0.05, 0) is 31.0 Å². The van der Waals surface area contributed by atoms with E-state index in [1.54, 1.807) is 23.5 Å². The van der Waals surface area contributed by atoms with Gasteiger partial charge in [-0.15, -0.1) is 11.3 Å². The zero-order valence-electron chi connectivity index (χ0n) is 11.3. The first-order chi connectivity index (χ1) is 9.15. The van der Waals surface area contributed by atoms with Gasteiger partial charge in [-0.2, -0.15) is 0 Å². The number of hydrogen-bond acceptors (Lipinski definition) is 4. The summed E-state index contributed by atoms with van der Waals surface area (Å²) < 4.78 is 0. The number of rotatable bonds is 6. The number of phenols is 1. The summed E-state index contributed by atoms with van der Waals surface area (Å²) in [6.07, 6.45) is 2.82. The first-order valence-electron chi connectivity index (χ1n) is 6.56. The molecule has 0 radical (unpaired) electrons. The lowest BCUT2D eigenvalue weighted by Gasteiger charge is -2.16. The van der Waals surface area contributed by atoms with Crippen molar-refractivity contribution >= 4 is 11.3 Å². The Labute approximate surface area is 118 Å². The average Bonchev–Trinajstić information content (AvgIpc) is 2.93. The third kappa shape index (κ3) is 4.33. The van der Waals surface area contributed by atoms with Gasteiger partial charge < -0.3 is 10.4 Å². The normalized spacial score (nSPS) is 14.2. The van der Waals surface area contributed by atoms with E-state index in [2.05, 4.69) is 24.1 Å². The van der Waals surface area contributed by atoms with Crippen molar-refractivity contribution in [1.82, 2.24) is 10.3 Å². The first-order valence-corrected chi connectivity index (χ1v) is 7.44. The molecule has 0 fully saturated rings. The van der Waals surface area contributed by atoms with Gasteiger partial charge in [0, 0.05) is 30.1 Å². The minimum atomic E-state index is 0.321. The van der Waals surface area contributed by atoms with E-state index < -0.39 is 0 Å². The fourth-order valence-corrected chi connectivity index (χ4v) is 2.70. The summed E-state index contributed by atoms with van der Waals surface area (Å²) in [5.74, 6) is 0.768. The fourth-order valence-electron chi connectivity index (χ4n) is 2.00. The Kier molecular flexibility index (Phi) is 4.93. The predicted molar refractivity (Wildman–Crippen MR) is 79.8 cm³/mol. The van der Waals surface area contributed by atoms with Crippen molar-refractivity contribution in [2.75, 3.05) is 6.54 Å². The topological polar surface area (TPSA) is 45.1 Å². The Morgan fingerprint density at radius 3 is 2.63 bits per heavy atom. The molecule has 0 aliphatic heterocycles. The Balaban J connectivity index is 1.78. The third-order valence-corrected chi connectivity index (χ3v) is 4.13. The third-order valence-electron chi connectivity index (χ3n) is 3.12. The number of nitrogens with zero attached hydrogens (tertiary/aromatic N) is 1. The van der Waals surface area contributed by atoms with Crippen molar-refractivity contribution in [3.8, 4) is 5.75 Å². The van der Waals surface area contributed by atoms with E-state index >= 15 is 0 Å². The average molecular weight is 276 g/mol. The van der Waals surface area contributed by atoms with Gasteiger partial charge in [0.15, 0.2) is 0 Å². The molecule has 1 aromatic heterocycles. The van der Waals surface area contributed by atoms with Gasteiger partial charge >= 0.3 is 0 Å². The van der Waals surface area contributed by atoms with Gasteiger partial charge in [-0.3, -0.25) is 0 Å². The van der Waals surface area contributed by atoms with Crippen LogP contribution in [0.4, 0.5) is 0 Å². The van der Waals surface area contributed by atoms with E-state index in [0.717, 1.165) is 13.0 Å². The standard InChI is InChI=1S/C15H20N2OS/c1-11(15-16-7-8-19-15)10-17-12(2)9-13-3-5-14(18)6-4-13/h3-8,11-12,17-18H,9-10H2,1-2H3. The molecule has 0 amide bonds. The monoisotopic (exact) mass is 276 g/mol. The van der Waals surface area contributed by atoms with Gasteiger partial charge in [-0.25, -0.2) is 4.98 Å². The van der Waals surface area contributed by atoms with Gasteiger partial charge in [-0.1, -0.05) is 19.1 Å². The molecule has 0 spiro atoms. The van der Waals surface area contributed by atoms with Crippen LogP contribution in [0.1, 0.15) is 30.3 Å². The van der Waals surface area contributed by atoms with Gasteiger partial charge in [0.05, 0.1) is 5.01 Å². The Morgan fingerprint density at radius 1 is 1.26 bits per heavy atom. The maximum absolute atomic E-state index is 9.25. The van der Waals surface area contributed by atoms with Crippen molar-refractivity contribution in [3.63, 3.8) is 0 Å². The lowest BCUT2D eigenvalue weighted by atomic mass is 10.1. The molecule has 102 valence electrons. The highest BCUT2D eigenvalue weighted by Gasteiger charge is 2.10. The lowest BCUT2D eigenvalue weighted by Crippen LogP contribution is -2.31. The van der Waals surface area contributed by atoms with Crippen molar-refractivity contribution < 1.29 is 5.11 Å². The van der Waals surface area contributed by atoms with Crippen molar-refractivity contribution in [2.45, 2.75) is 32.2 Å². The maximum atomic E-state index is 9.25. The number of aromatic nitrogens is 1. The summed E-state index contributed by atoms with van der Waals surface area (Å²) in [7, 11) is 0. The molecule has 2 aromatic rings. The Morgan fingerprint density at radius 2 is 2.00 bits per heavy atom. The van der Waals surface area contributed by atoms with Crippen LogP contribution in [0.5, 0.6) is 5.75 Å². The summed E-state index contributed by atoms with van der Waals surface area (Å²) in [5, 5.41) is 16.0. The number of benzene rings is 1. The highest BCUT2D eigenvalue weighted by molar-refractivity contribution is 7.09. The van der Waals surface area contributed by atoms with Crippen LogP contribution in [-0.4, -0.2) is 22.7 Å². The van der Waals surface area contributed by atoms with Gasteiger partial charge in [0.1, 0.15) is 5.75 Å². The SMILES string of the molecule is CC(Cc1ccc(O)cc1)NCC(C)c1nccs1. The van der Waals surface area contributed by atoms with E-state index in [1.165, 1.54) is 10.6 Å². The maximum Gasteiger partial charge on any atom is 0.115 e. The lowest BCUT2D eigenvalue weighted by molar-refractivity contribution is 0.474. The first kappa shape index (κ1) is 14.0. The van der Waals surface area contributed by atoms with Crippen molar-refractivity contribution in [1.29, 1.82) is 0 Å². The zero-order valence-corrected chi connectivity index (χ0v) is 12.2. The molecule has 0 bridgehead atoms. The van der Waals surface area contributed by atoms with Crippen LogP contribution in [0.15, 0.2) is 35.8 Å². The van der Waals surface area contributed by atoms with Crippen LogP contribution < -0.4 is 5.32 Å². The number of phenolic OH excluding ortho intramolecular Hbond substituents is 1. The molecule has 0 aliphatic carbocycles. The van der Waals surface area contributed by atoms with E-state index in [-0.39, 0.29) is 0 Å². The minimum Gasteiger partial charge on any atom is -0.508 e. The molecule has 1 aromatic carbocycles. The van der Waals surface area contributed by atoms with Crippen LogP contribution in [0.2, 0.25) is 0 Å². The molecule has 0 saturated carbocycles. The van der Waals surface area contributed by atoms with Crippen LogP contribution in [0, 0.1) is 0 Å². The smallest absolute Gasteiger partial charge is 0.115 e. The molecule has 3 nitrogen and oxygen atoms in total. The van der Waals surface area contributed by atoms with Crippen LogP contribution in [-0.2, 0) is 6.42 Å². The highest BCUT2D eigenvalue weighted by atomic mass is 32.1. The molecular formula is C15H20N2OS. The Bertz CT molecular complexity index is 481. The molecule has 2 rings (SSSR count). The van der Waals surface area contributed by atoms with Crippen LogP contribution in [0.25, 0.3) is 0 Å². The minimum absolute atomic E-state index is 0.321. The fraction of sp³-hybridized carbons (Fsp3) is 0.400. The molecule has 2 N–H and O–H groups in total. The second-order valence-corrected chi connectivity index (χ2v) is 5.88. The largest absolute Gasteiger partial charge is 0.508 e. The number of hydrogen-bond donors (Lipinski definition) is 2. The van der Waals surface area contributed by atoms with Gasteiger partial charge in [0.25, 0.3) is 0 Å². The van der Waals surface area contributed by atoms with Gasteiger partial charge in [0.2, 0.25) is 0 Å². The van der Waals surface area contributed by atoms with E-state index in [9.17, 15) is 5.11 Å². The highest BCUT2D eigenvalue weighted by Crippen LogP contribution is 2.17. The molecule has 0 saturated heterocycles.